The molecule has 1 aromatic heterocycles. The zero-order valence-electron chi connectivity index (χ0n) is 20.2. The van der Waals surface area contributed by atoms with Gasteiger partial charge in [-0.25, -0.2) is 10.2 Å². The summed E-state index contributed by atoms with van der Waals surface area (Å²) in [5.74, 6) is -0.620. The molecule has 0 atom stereocenters. The van der Waals surface area contributed by atoms with Gasteiger partial charge in [0.25, 0.3) is 5.91 Å². The number of aryl methyl sites for hydroxylation is 1. The van der Waals surface area contributed by atoms with Crippen molar-refractivity contribution in [2.75, 3.05) is 0 Å². The summed E-state index contributed by atoms with van der Waals surface area (Å²) in [5.41, 5.74) is 7.17. The molecule has 0 aliphatic carbocycles. The van der Waals surface area contributed by atoms with Crippen LogP contribution in [0.2, 0.25) is 5.02 Å². The molecular formula is C30H21BrClN3O3. The lowest BCUT2D eigenvalue weighted by atomic mass is 10.0. The SMILES string of the molecule is Cc1ccc2[nH]c(C(=O)NN=Cc3ccccc3OC(=O)c3ccc(Br)cc3)c(-c3ccccc3Cl)c2c1. The Kier molecular flexibility index (Phi) is 7.40. The lowest BCUT2D eigenvalue weighted by molar-refractivity contribution is 0.0734. The number of hydrogen-bond acceptors (Lipinski definition) is 4. The van der Waals surface area contributed by atoms with Crippen LogP contribution in [0.3, 0.4) is 0 Å². The van der Waals surface area contributed by atoms with Gasteiger partial charge in [-0.15, -0.1) is 0 Å². The van der Waals surface area contributed by atoms with Crippen LogP contribution in [-0.4, -0.2) is 23.1 Å². The van der Waals surface area contributed by atoms with Crippen LogP contribution in [0.25, 0.3) is 22.0 Å². The maximum atomic E-state index is 13.3. The van der Waals surface area contributed by atoms with Gasteiger partial charge in [-0.1, -0.05) is 69.5 Å². The van der Waals surface area contributed by atoms with E-state index < -0.39 is 11.9 Å². The Hall–Kier alpha value is -4.20. The van der Waals surface area contributed by atoms with Gasteiger partial charge in [0.05, 0.1) is 11.8 Å². The summed E-state index contributed by atoms with van der Waals surface area (Å²) in [5, 5.41) is 5.56. The van der Waals surface area contributed by atoms with E-state index in [9.17, 15) is 9.59 Å². The molecule has 0 fully saturated rings. The first kappa shape index (κ1) is 25.4. The van der Waals surface area contributed by atoms with Gasteiger partial charge in [-0.2, -0.15) is 5.10 Å². The van der Waals surface area contributed by atoms with Crippen LogP contribution in [0.5, 0.6) is 5.75 Å². The zero-order chi connectivity index (χ0) is 26.6. The molecule has 38 heavy (non-hydrogen) atoms. The van der Waals surface area contributed by atoms with E-state index in [0.717, 1.165) is 26.5 Å². The number of carbonyl (C=O) groups is 2. The second-order valence-corrected chi connectivity index (χ2v) is 9.86. The number of fused-ring (bicyclic) bond motifs is 1. The van der Waals surface area contributed by atoms with Crippen molar-refractivity contribution in [2.24, 2.45) is 5.10 Å². The van der Waals surface area contributed by atoms with Crippen LogP contribution in [0.4, 0.5) is 0 Å². The van der Waals surface area contributed by atoms with Gasteiger partial charge in [-0.05, 0) is 61.5 Å². The lowest BCUT2D eigenvalue weighted by Crippen LogP contribution is -2.19. The number of rotatable bonds is 6. The van der Waals surface area contributed by atoms with E-state index in [1.165, 1.54) is 6.21 Å². The van der Waals surface area contributed by atoms with Crippen molar-refractivity contribution in [1.29, 1.82) is 0 Å². The van der Waals surface area contributed by atoms with Gasteiger partial charge in [0.15, 0.2) is 0 Å². The molecule has 6 nitrogen and oxygen atoms in total. The van der Waals surface area contributed by atoms with Crippen LogP contribution >= 0.6 is 27.5 Å². The molecule has 2 N–H and O–H groups in total. The first-order valence-electron chi connectivity index (χ1n) is 11.7. The van der Waals surface area contributed by atoms with Crippen LogP contribution in [0.15, 0.2) is 101 Å². The van der Waals surface area contributed by atoms with Crippen LogP contribution in [0.1, 0.15) is 32.0 Å². The van der Waals surface area contributed by atoms with Crippen LogP contribution in [0, 0.1) is 6.92 Å². The fourth-order valence-electron chi connectivity index (χ4n) is 4.06. The minimum atomic E-state index is -0.500. The molecular weight excluding hydrogens is 566 g/mol. The third-order valence-corrected chi connectivity index (χ3v) is 6.75. The Bertz CT molecular complexity index is 1690. The van der Waals surface area contributed by atoms with Gasteiger partial charge in [0, 0.05) is 37.1 Å². The fraction of sp³-hybridized carbons (Fsp3) is 0.0333. The third-order valence-electron chi connectivity index (χ3n) is 5.90. The number of ether oxygens (including phenoxy) is 1. The normalized spacial score (nSPS) is 11.1. The number of benzene rings is 4. The van der Waals surface area contributed by atoms with E-state index in [1.54, 1.807) is 54.6 Å². The monoisotopic (exact) mass is 585 g/mol. The molecule has 5 aromatic rings. The second kappa shape index (κ2) is 11.0. The topological polar surface area (TPSA) is 83.6 Å². The van der Waals surface area contributed by atoms with Gasteiger partial charge in [0.2, 0.25) is 0 Å². The molecule has 0 unspecified atom stereocenters. The van der Waals surface area contributed by atoms with Crippen molar-refractivity contribution < 1.29 is 14.3 Å². The second-order valence-electron chi connectivity index (χ2n) is 8.54. The third kappa shape index (κ3) is 5.39. The van der Waals surface area contributed by atoms with Crippen molar-refractivity contribution in [3.8, 4) is 16.9 Å². The standard InChI is InChI=1S/C30H21BrClN3O3/c1-18-10-15-25-23(16-18)27(22-7-3-4-8-24(22)32)28(34-25)29(36)35-33-17-20-6-2-5-9-26(20)38-30(37)19-11-13-21(31)14-12-19/h2-17,34H,1H3,(H,35,36). The predicted molar refractivity (Wildman–Crippen MR) is 154 cm³/mol. The quantitative estimate of drug-likeness (QED) is 0.0933. The van der Waals surface area contributed by atoms with Crippen molar-refractivity contribution in [3.63, 3.8) is 0 Å². The average molecular weight is 587 g/mol. The lowest BCUT2D eigenvalue weighted by Gasteiger charge is -2.08. The number of carbonyl (C=O) groups excluding carboxylic acids is 2. The first-order valence-corrected chi connectivity index (χ1v) is 12.9. The van der Waals surface area contributed by atoms with E-state index in [4.69, 9.17) is 16.3 Å². The Morgan fingerprint density at radius 1 is 0.974 bits per heavy atom. The number of hydrazone groups is 1. The molecule has 0 bridgehead atoms. The minimum Gasteiger partial charge on any atom is -0.422 e. The van der Waals surface area contributed by atoms with E-state index in [-0.39, 0.29) is 0 Å². The molecule has 1 amide bonds. The number of aromatic nitrogens is 1. The molecule has 5 rings (SSSR count). The first-order chi connectivity index (χ1) is 18.4. The van der Waals surface area contributed by atoms with E-state index >= 15 is 0 Å². The number of para-hydroxylation sites is 1. The predicted octanol–water partition coefficient (Wildman–Crippen LogP) is 7.54. The van der Waals surface area contributed by atoms with E-state index in [2.05, 4.69) is 31.4 Å². The van der Waals surface area contributed by atoms with Gasteiger partial charge in [-0.3, -0.25) is 4.79 Å². The largest absolute Gasteiger partial charge is 0.422 e. The molecule has 0 radical (unpaired) electrons. The Labute approximate surface area is 232 Å². The van der Waals surface area contributed by atoms with E-state index in [0.29, 0.717) is 33.2 Å². The highest BCUT2D eigenvalue weighted by atomic mass is 79.9. The molecule has 0 spiro atoms. The van der Waals surface area contributed by atoms with E-state index in [1.807, 2.05) is 43.3 Å². The molecule has 0 aliphatic rings. The van der Waals surface area contributed by atoms with Gasteiger partial charge in [0.1, 0.15) is 11.4 Å². The van der Waals surface area contributed by atoms with Crippen molar-refractivity contribution in [2.45, 2.75) is 6.92 Å². The maximum absolute atomic E-state index is 13.3. The number of halogens is 2. The number of hydrogen-bond donors (Lipinski definition) is 2. The highest BCUT2D eigenvalue weighted by Crippen LogP contribution is 2.37. The number of nitrogens with one attached hydrogen (secondary N) is 2. The molecule has 4 aromatic carbocycles. The fourth-order valence-corrected chi connectivity index (χ4v) is 4.56. The minimum absolute atomic E-state index is 0.316. The van der Waals surface area contributed by atoms with Crippen LogP contribution in [-0.2, 0) is 0 Å². The number of aromatic amines is 1. The summed E-state index contributed by atoms with van der Waals surface area (Å²) in [6.45, 7) is 1.99. The molecule has 8 heteroatoms. The number of amides is 1. The maximum Gasteiger partial charge on any atom is 0.343 e. The smallest absolute Gasteiger partial charge is 0.343 e. The summed E-state index contributed by atoms with van der Waals surface area (Å²) in [4.78, 5) is 29.1. The summed E-state index contributed by atoms with van der Waals surface area (Å²) in [7, 11) is 0. The molecule has 188 valence electrons. The highest BCUT2D eigenvalue weighted by Gasteiger charge is 2.21. The number of esters is 1. The molecule has 1 heterocycles. The summed E-state index contributed by atoms with van der Waals surface area (Å²) < 4.78 is 6.44. The number of H-pyrrole nitrogens is 1. The highest BCUT2D eigenvalue weighted by molar-refractivity contribution is 9.10. The Morgan fingerprint density at radius 3 is 2.50 bits per heavy atom. The van der Waals surface area contributed by atoms with Crippen molar-refractivity contribution in [3.05, 3.63) is 123 Å². The Balaban J connectivity index is 1.40. The zero-order valence-corrected chi connectivity index (χ0v) is 22.5. The van der Waals surface area contributed by atoms with Gasteiger partial charge >= 0.3 is 5.97 Å². The summed E-state index contributed by atoms with van der Waals surface area (Å²) in [6.07, 6.45) is 1.43. The Morgan fingerprint density at radius 2 is 1.71 bits per heavy atom. The van der Waals surface area contributed by atoms with Crippen molar-refractivity contribution in [1.82, 2.24) is 10.4 Å². The molecule has 0 saturated carbocycles. The number of nitrogens with zero attached hydrogens (tertiary/aromatic N) is 1. The van der Waals surface area contributed by atoms with Gasteiger partial charge < -0.3 is 9.72 Å². The average Bonchev–Trinajstić information content (AvgIpc) is 3.28. The molecule has 0 aliphatic heterocycles. The summed E-state index contributed by atoms with van der Waals surface area (Å²) in [6, 6.07) is 27.1. The van der Waals surface area contributed by atoms with Crippen molar-refractivity contribution >= 4 is 56.5 Å². The summed E-state index contributed by atoms with van der Waals surface area (Å²) >= 11 is 9.86. The van der Waals surface area contributed by atoms with Crippen LogP contribution < -0.4 is 10.2 Å². The molecule has 0 saturated heterocycles.